The lowest BCUT2D eigenvalue weighted by molar-refractivity contribution is -0.116. The third-order valence-corrected chi connectivity index (χ3v) is 4.71. The third-order valence-electron chi connectivity index (χ3n) is 4.71. The molecule has 1 amide bonds. The van der Waals surface area contributed by atoms with Crippen LogP contribution in [0.3, 0.4) is 0 Å². The van der Waals surface area contributed by atoms with Gasteiger partial charge in [0.1, 0.15) is 17.5 Å². The number of amides is 1. The van der Waals surface area contributed by atoms with Crippen LogP contribution in [-0.4, -0.2) is 20.7 Å². The highest BCUT2D eigenvalue weighted by Crippen LogP contribution is 2.27. The Morgan fingerprint density at radius 1 is 1.10 bits per heavy atom. The minimum Gasteiger partial charge on any atom is -0.441 e. The number of hydrogen-bond acceptors (Lipinski definition) is 4. The Balaban J connectivity index is 1.43. The number of benzene rings is 2. The first-order valence-corrected chi connectivity index (χ1v) is 9.73. The van der Waals surface area contributed by atoms with Crippen LogP contribution in [0.5, 0.6) is 0 Å². The van der Waals surface area contributed by atoms with Crippen LogP contribution < -0.4 is 5.32 Å². The molecular formula is C23H20F2N4O2. The van der Waals surface area contributed by atoms with Crippen molar-refractivity contribution in [3.63, 3.8) is 0 Å². The normalized spacial score (nSPS) is 11.0. The summed E-state index contributed by atoms with van der Waals surface area (Å²) in [6.07, 6.45) is 1.52. The van der Waals surface area contributed by atoms with Gasteiger partial charge in [-0.3, -0.25) is 4.79 Å². The molecule has 0 atom stereocenters. The van der Waals surface area contributed by atoms with E-state index in [9.17, 15) is 13.6 Å². The molecule has 0 radical (unpaired) electrons. The number of carbonyl (C=O) groups is 1. The molecule has 2 aromatic heterocycles. The molecule has 0 saturated carbocycles. The Labute approximate surface area is 177 Å². The van der Waals surface area contributed by atoms with Crippen LogP contribution in [0.2, 0.25) is 0 Å². The summed E-state index contributed by atoms with van der Waals surface area (Å²) < 4.78 is 34.9. The minimum absolute atomic E-state index is 0.0147. The van der Waals surface area contributed by atoms with Crippen LogP contribution in [0.4, 0.5) is 14.6 Å². The van der Waals surface area contributed by atoms with E-state index in [1.54, 1.807) is 10.7 Å². The van der Waals surface area contributed by atoms with E-state index < -0.39 is 11.6 Å². The molecule has 0 aliphatic carbocycles. The number of nitrogens with one attached hydrogen (secondary N) is 1. The van der Waals surface area contributed by atoms with E-state index in [1.165, 1.54) is 12.3 Å². The summed E-state index contributed by atoms with van der Waals surface area (Å²) in [7, 11) is 0. The molecule has 0 spiro atoms. The van der Waals surface area contributed by atoms with Gasteiger partial charge in [-0.05, 0) is 38.1 Å². The predicted octanol–water partition coefficient (Wildman–Crippen LogP) is 4.99. The summed E-state index contributed by atoms with van der Waals surface area (Å²) in [6, 6.07) is 13.1. The van der Waals surface area contributed by atoms with E-state index in [0.717, 1.165) is 29.1 Å². The van der Waals surface area contributed by atoms with Gasteiger partial charge in [-0.1, -0.05) is 23.8 Å². The first kappa shape index (κ1) is 20.5. The zero-order valence-electron chi connectivity index (χ0n) is 17.0. The molecule has 2 heterocycles. The second-order valence-corrected chi connectivity index (χ2v) is 7.18. The van der Waals surface area contributed by atoms with Gasteiger partial charge in [-0.25, -0.2) is 18.4 Å². The Morgan fingerprint density at radius 2 is 1.81 bits per heavy atom. The maximum Gasteiger partial charge on any atom is 0.226 e. The molecule has 1 N–H and O–H groups in total. The van der Waals surface area contributed by atoms with Crippen molar-refractivity contribution in [1.82, 2.24) is 14.8 Å². The lowest BCUT2D eigenvalue weighted by atomic mass is 10.1. The fraction of sp³-hybridized carbons (Fsp3) is 0.174. The summed E-state index contributed by atoms with van der Waals surface area (Å²) in [4.78, 5) is 16.5. The Bertz CT molecular complexity index is 1210. The average Bonchev–Trinajstić information content (AvgIpc) is 3.33. The third kappa shape index (κ3) is 4.53. The molecule has 0 aliphatic heterocycles. The van der Waals surface area contributed by atoms with Crippen LogP contribution in [0, 0.1) is 25.5 Å². The molecule has 0 fully saturated rings. The maximum absolute atomic E-state index is 13.9. The molecule has 0 aliphatic rings. The molecule has 4 aromatic rings. The van der Waals surface area contributed by atoms with E-state index in [-0.39, 0.29) is 36.0 Å². The van der Waals surface area contributed by atoms with Gasteiger partial charge >= 0.3 is 0 Å². The van der Waals surface area contributed by atoms with Crippen molar-refractivity contribution in [3.05, 3.63) is 83.5 Å². The second kappa shape index (κ2) is 8.51. The number of oxazole rings is 1. The maximum atomic E-state index is 13.9. The van der Waals surface area contributed by atoms with E-state index in [1.807, 2.05) is 38.1 Å². The summed E-state index contributed by atoms with van der Waals surface area (Å²) in [6.45, 7) is 3.84. The van der Waals surface area contributed by atoms with E-state index in [0.29, 0.717) is 5.82 Å². The number of anilines is 1. The monoisotopic (exact) mass is 422 g/mol. The Kier molecular flexibility index (Phi) is 5.62. The van der Waals surface area contributed by atoms with Gasteiger partial charge in [-0.15, -0.1) is 0 Å². The number of halogens is 2. The fourth-order valence-corrected chi connectivity index (χ4v) is 3.17. The first-order chi connectivity index (χ1) is 14.9. The molecule has 0 saturated heterocycles. The van der Waals surface area contributed by atoms with Crippen molar-refractivity contribution in [3.8, 4) is 17.0 Å². The number of aromatic nitrogens is 3. The average molecular weight is 422 g/mol. The van der Waals surface area contributed by atoms with Crippen LogP contribution in [0.1, 0.15) is 23.6 Å². The SMILES string of the molecule is Cc1ccc(-n2nc(C)cc2NC(=O)CCc2ncc(-c3c(F)cccc3F)o2)cc1. The summed E-state index contributed by atoms with van der Waals surface area (Å²) in [5.41, 5.74) is 2.44. The minimum atomic E-state index is -0.736. The van der Waals surface area contributed by atoms with Crippen molar-refractivity contribution >= 4 is 11.7 Å². The van der Waals surface area contributed by atoms with Crippen molar-refractivity contribution in [2.45, 2.75) is 26.7 Å². The summed E-state index contributed by atoms with van der Waals surface area (Å²) in [5, 5.41) is 7.28. The van der Waals surface area contributed by atoms with Crippen LogP contribution in [0.15, 0.2) is 59.1 Å². The number of carbonyl (C=O) groups excluding carboxylic acids is 1. The van der Waals surface area contributed by atoms with Gasteiger partial charge < -0.3 is 9.73 Å². The highest BCUT2D eigenvalue weighted by atomic mass is 19.1. The Morgan fingerprint density at radius 3 is 2.52 bits per heavy atom. The first-order valence-electron chi connectivity index (χ1n) is 9.73. The summed E-state index contributed by atoms with van der Waals surface area (Å²) in [5.74, 6) is -0.978. The Hall–Kier alpha value is -3.81. The quantitative estimate of drug-likeness (QED) is 0.475. The summed E-state index contributed by atoms with van der Waals surface area (Å²) >= 11 is 0. The molecule has 31 heavy (non-hydrogen) atoms. The molecule has 158 valence electrons. The van der Waals surface area contributed by atoms with Gasteiger partial charge in [0.25, 0.3) is 0 Å². The number of hydrogen-bond donors (Lipinski definition) is 1. The molecule has 6 nitrogen and oxygen atoms in total. The molecule has 2 aromatic carbocycles. The predicted molar refractivity (Wildman–Crippen MR) is 112 cm³/mol. The topological polar surface area (TPSA) is 73.0 Å². The zero-order valence-corrected chi connectivity index (χ0v) is 17.0. The highest BCUT2D eigenvalue weighted by molar-refractivity contribution is 5.90. The van der Waals surface area contributed by atoms with Gasteiger partial charge in [0.15, 0.2) is 11.7 Å². The largest absolute Gasteiger partial charge is 0.441 e. The zero-order chi connectivity index (χ0) is 22.0. The van der Waals surface area contributed by atoms with Crippen molar-refractivity contribution in [1.29, 1.82) is 0 Å². The molecule has 0 bridgehead atoms. The van der Waals surface area contributed by atoms with Crippen molar-refractivity contribution in [2.24, 2.45) is 0 Å². The van der Waals surface area contributed by atoms with Crippen LogP contribution in [0.25, 0.3) is 17.0 Å². The smallest absolute Gasteiger partial charge is 0.226 e. The van der Waals surface area contributed by atoms with Crippen molar-refractivity contribution < 1.29 is 18.0 Å². The highest BCUT2D eigenvalue weighted by Gasteiger charge is 2.17. The standard InChI is InChI=1S/C23H20F2N4O2/c1-14-6-8-16(9-7-14)29-20(12-15(2)28-29)27-21(30)10-11-22-26-13-19(31-22)23-17(24)4-3-5-18(23)25/h3-9,12-13H,10-11H2,1-2H3,(H,27,30). The van der Waals surface area contributed by atoms with Crippen molar-refractivity contribution in [2.75, 3.05) is 5.32 Å². The van der Waals surface area contributed by atoms with Gasteiger partial charge in [0.05, 0.1) is 23.1 Å². The molecular weight excluding hydrogens is 402 g/mol. The van der Waals surface area contributed by atoms with Crippen LogP contribution >= 0.6 is 0 Å². The lowest BCUT2D eigenvalue weighted by Crippen LogP contribution is -2.15. The van der Waals surface area contributed by atoms with Gasteiger partial charge in [-0.2, -0.15) is 5.10 Å². The van der Waals surface area contributed by atoms with Gasteiger partial charge in [0, 0.05) is 18.9 Å². The van der Waals surface area contributed by atoms with E-state index in [4.69, 9.17) is 4.42 Å². The second-order valence-electron chi connectivity index (χ2n) is 7.18. The number of rotatable bonds is 6. The number of aryl methyl sites for hydroxylation is 3. The van der Waals surface area contributed by atoms with Gasteiger partial charge in [0.2, 0.25) is 5.91 Å². The fourth-order valence-electron chi connectivity index (χ4n) is 3.17. The lowest BCUT2D eigenvalue weighted by Gasteiger charge is -2.09. The van der Waals surface area contributed by atoms with E-state index in [2.05, 4.69) is 15.4 Å². The molecule has 4 rings (SSSR count). The van der Waals surface area contributed by atoms with E-state index >= 15 is 0 Å². The molecule has 0 unspecified atom stereocenters. The van der Waals surface area contributed by atoms with Crippen LogP contribution in [-0.2, 0) is 11.2 Å². The number of nitrogens with zero attached hydrogens (tertiary/aromatic N) is 3. The molecule has 8 heteroatoms.